The fourth-order valence-electron chi connectivity index (χ4n) is 3.68. The number of piperidine rings is 1. The SMILES string of the molecule is CN=C(NCCCN1CCC(C)CC1)N(C)Cc1ncc(-c2ccccc2)[nH]1. The van der Waals surface area contributed by atoms with Crippen molar-refractivity contribution in [2.45, 2.75) is 32.7 Å². The lowest BCUT2D eigenvalue weighted by atomic mass is 9.99. The molecule has 28 heavy (non-hydrogen) atoms. The molecular formula is C22H34N6. The normalized spacial score (nSPS) is 16.3. The lowest BCUT2D eigenvalue weighted by Crippen LogP contribution is -2.40. The third-order valence-corrected chi connectivity index (χ3v) is 5.48. The molecule has 1 saturated heterocycles. The molecule has 2 aromatic rings. The Labute approximate surface area is 169 Å². The molecule has 3 rings (SSSR count). The Morgan fingerprint density at radius 3 is 2.75 bits per heavy atom. The predicted molar refractivity (Wildman–Crippen MR) is 116 cm³/mol. The van der Waals surface area contributed by atoms with Crippen molar-refractivity contribution in [3.8, 4) is 11.3 Å². The molecule has 0 amide bonds. The quantitative estimate of drug-likeness (QED) is 0.439. The predicted octanol–water partition coefficient (Wildman–Crippen LogP) is 3.21. The molecule has 0 spiro atoms. The lowest BCUT2D eigenvalue weighted by molar-refractivity contribution is 0.191. The van der Waals surface area contributed by atoms with Crippen LogP contribution in [0.3, 0.4) is 0 Å². The van der Waals surface area contributed by atoms with Gasteiger partial charge in [-0.1, -0.05) is 37.3 Å². The van der Waals surface area contributed by atoms with Crippen LogP contribution in [0, 0.1) is 5.92 Å². The van der Waals surface area contributed by atoms with E-state index in [1.165, 1.54) is 32.5 Å². The van der Waals surface area contributed by atoms with E-state index in [4.69, 9.17) is 0 Å². The van der Waals surface area contributed by atoms with Crippen molar-refractivity contribution in [3.05, 3.63) is 42.4 Å². The molecule has 6 nitrogen and oxygen atoms in total. The summed E-state index contributed by atoms with van der Waals surface area (Å²) < 4.78 is 0. The number of H-pyrrole nitrogens is 1. The molecule has 1 aromatic heterocycles. The fraction of sp³-hybridized carbons (Fsp3) is 0.545. The number of likely N-dealkylation sites (tertiary alicyclic amines) is 1. The van der Waals surface area contributed by atoms with E-state index in [2.05, 4.69) is 49.1 Å². The van der Waals surface area contributed by atoms with Crippen LogP contribution in [-0.4, -0.2) is 66.0 Å². The first kappa shape index (κ1) is 20.4. The fourth-order valence-corrected chi connectivity index (χ4v) is 3.68. The van der Waals surface area contributed by atoms with Crippen LogP contribution in [0.2, 0.25) is 0 Å². The zero-order valence-corrected chi connectivity index (χ0v) is 17.5. The highest BCUT2D eigenvalue weighted by molar-refractivity contribution is 5.79. The molecule has 6 heteroatoms. The van der Waals surface area contributed by atoms with Gasteiger partial charge in [0.15, 0.2) is 5.96 Å². The average molecular weight is 383 g/mol. The van der Waals surface area contributed by atoms with Crippen molar-refractivity contribution in [2.24, 2.45) is 10.9 Å². The van der Waals surface area contributed by atoms with Crippen molar-refractivity contribution in [1.29, 1.82) is 0 Å². The number of aromatic nitrogens is 2. The van der Waals surface area contributed by atoms with Gasteiger partial charge in [0.2, 0.25) is 0 Å². The van der Waals surface area contributed by atoms with Crippen LogP contribution in [-0.2, 0) is 6.54 Å². The first-order chi connectivity index (χ1) is 13.7. The van der Waals surface area contributed by atoms with Crippen LogP contribution in [0.1, 0.15) is 32.0 Å². The maximum atomic E-state index is 4.53. The number of aliphatic imine (C=N–C) groups is 1. The van der Waals surface area contributed by atoms with Crippen LogP contribution < -0.4 is 5.32 Å². The van der Waals surface area contributed by atoms with Crippen molar-refractivity contribution in [1.82, 2.24) is 25.1 Å². The summed E-state index contributed by atoms with van der Waals surface area (Å²) in [5.41, 5.74) is 2.20. The zero-order valence-electron chi connectivity index (χ0n) is 17.5. The molecule has 0 aliphatic carbocycles. The third kappa shape index (κ3) is 5.83. The number of benzene rings is 1. The van der Waals surface area contributed by atoms with Gasteiger partial charge in [0.05, 0.1) is 18.4 Å². The Morgan fingerprint density at radius 2 is 2.04 bits per heavy atom. The summed E-state index contributed by atoms with van der Waals surface area (Å²) in [6.07, 6.45) is 5.71. The average Bonchev–Trinajstić information content (AvgIpc) is 3.18. The Balaban J connectivity index is 1.42. The molecule has 1 aromatic carbocycles. The number of nitrogens with zero attached hydrogens (tertiary/aromatic N) is 4. The zero-order chi connectivity index (χ0) is 19.8. The van der Waals surface area contributed by atoms with E-state index in [0.717, 1.165) is 41.9 Å². The van der Waals surface area contributed by atoms with Gasteiger partial charge in [-0.05, 0) is 50.4 Å². The maximum Gasteiger partial charge on any atom is 0.193 e. The minimum absolute atomic E-state index is 0.691. The van der Waals surface area contributed by atoms with E-state index in [0.29, 0.717) is 6.54 Å². The van der Waals surface area contributed by atoms with Crippen LogP contribution in [0.25, 0.3) is 11.3 Å². The molecule has 0 atom stereocenters. The molecule has 1 aliphatic rings. The number of imidazole rings is 1. The minimum atomic E-state index is 0.691. The van der Waals surface area contributed by atoms with Crippen LogP contribution in [0.5, 0.6) is 0 Å². The van der Waals surface area contributed by atoms with E-state index < -0.39 is 0 Å². The number of guanidine groups is 1. The van der Waals surface area contributed by atoms with Gasteiger partial charge < -0.3 is 20.1 Å². The van der Waals surface area contributed by atoms with Gasteiger partial charge in [-0.15, -0.1) is 0 Å². The van der Waals surface area contributed by atoms with Gasteiger partial charge in [-0.3, -0.25) is 4.99 Å². The number of aromatic amines is 1. The topological polar surface area (TPSA) is 59.6 Å². The van der Waals surface area contributed by atoms with Crippen molar-refractivity contribution in [2.75, 3.05) is 40.3 Å². The molecule has 1 fully saturated rings. The molecule has 2 N–H and O–H groups in total. The highest BCUT2D eigenvalue weighted by atomic mass is 15.3. The largest absolute Gasteiger partial charge is 0.356 e. The smallest absolute Gasteiger partial charge is 0.193 e. The second-order valence-electron chi connectivity index (χ2n) is 7.82. The summed E-state index contributed by atoms with van der Waals surface area (Å²) in [4.78, 5) is 17.0. The number of rotatable bonds is 7. The Bertz CT molecular complexity index is 730. The van der Waals surface area contributed by atoms with Gasteiger partial charge in [-0.25, -0.2) is 4.98 Å². The second-order valence-corrected chi connectivity index (χ2v) is 7.82. The van der Waals surface area contributed by atoms with Gasteiger partial charge in [0, 0.05) is 20.6 Å². The second kappa shape index (κ2) is 10.3. The number of hydrogen-bond acceptors (Lipinski definition) is 3. The molecule has 0 radical (unpaired) electrons. The maximum absolute atomic E-state index is 4.53. The van der Waals surface area contributed by atoms with E-state index in [9.17, 15) is 0 Å². The highest BCUT2D eigenvalue weighted by Gasteiger charge is 2.15. The molecule has 0 saturated carbocycles. The van der Waals surface area contributed by atoms with Crippen molar-refractivity contribution < 1.29 is 0 Å². The summed E-state index contributed by atoms with van der Waals surface area (Å²) in [5, 5.41) is 3.48. The van der Waals surface area contributed by atoms with E-state index in [-0.39, 0.29) is 0 Å². The first-order valence-electron chi connectivity index (χ1n) is 10.4. The van der Waals surface area contributed by atoms with Gasteiger partial charge in [0.25, 0.3) is 0 Å². The minimum Gasteiger partial charge on any atom is -0.356 e. The van der Waals surface area contributed by atoms with Gasteiger partial charge >= 0.3 is 0 Å². The summed E-state index contributed by atoms with van der Waals surface area (Å²) in [5.74, 6) is 2.74. The first-order valence-corrected chi connectivity index (χ1v) is 10.4. The van der Waals surface area contributed by atoms with Crippen molar-refractivity contribution in [3.63, 3.8) is 0 Å². The Kier molecular flexibility index (Phi) is 7.48. The van der Waals surface area contributed by atoms with Gasteiger partial charge in [-0.2, -0.15) is 0 Å². The van der Waals surface area contributed by atoms with E-state index >= 15 is 0 Å². The van der Waals surface area contributed by atoms with E-state index in [1.54, 1.807) is 0 Å². The third-order valence-electron chi connectivity index (χ3n) is 5.48. The Hall–Kier alpha value is -2.34. The summed E-state index contributed by atoms with van der Waals surface area (Å²) in [7, 11) is 3.88. The standard InChI is InChI=1S/C22H34N6/c1-18-10-14-28(15-11-18)13-7-12-24-22(23-2)27(3)17-21-25-16-20(26-21)19-8-5-4-6-9-19/h4-6,8-9,16,18H,7,10-15,17H2,1-3H3,(H,23,24)(H,25,26). The molecule has 152 valence electrons. The molecule has 2 heterocycles. The van der Waals surface area contributed by atoms with Crippen LogP contribution >= 0.6 is 0 Å². The van der Waals surface area contributed by atoms with Crippen LogP contribution in [0.4, 0.5) is 0 Å². The van der Waals surface area contributed by atoms with Crippen LogP contribution in [0.15, 0.2) is 41.5 Å². The summed E-state index contributed by atoms with van der Waals surface area (Å²) in [6.45, 7) is 7.66. The van der Waals surface area contributed by atoms with Crippen molar-refractivity contribution >= 4 is 5.96 Å². The van der Waals surface area contributed by atoms with E-state index in [1.807, 2.05) is 38.5 Å². The summed E-state index contributed by atoms with van der Waals surface area (Å²) >= 11 is 0. The summed E-state index contributed by atoms with van der Waals surface area (Å²) in [6, 6.07) is 10.3. The molecular weight excluding hydrogens is 348 g/mol. The lowest BCUT2D eigenvalue weighted by Gasteiger charge is -2.30. The Morgan fingerprint density at radius 1 is 1.29 bits per heavy atom. The monoisotopic (exact) mass is 382 g/mol. The molecule has 1 aliphatic heterocycles. The number of hydrogen-bond donors (Lipinski definition) is 2. The number of nitrogens with one attached hydrogen (secondary N) is 2. The van der Waals surface area contributed by atoms with Gasteiger partial charge in [0.1, 0.15) is 5.82 Å². The molecule has 0 bridgehead atoms. The molecule has 0 unspecified atom stereocenters. The highest BCUT2D eigenvalue weighted by Crippen LogP contribution is 2.17.